The predicted octanol–water partition coefficient (Wildman–Crippen LogP) is 2.90. The van der Waals surface area contributed by atoms with Crippen molar-refractivity contribution in [2.45, 2.75) is 19.3 Å². The van der Waals surface area contributed by atoms with E-state index >= 15 is 0 Å². The smallest absolute Gasteiger partial charge is 0.317 e. The molecule has 120 valence electrons. The van der Waals surface area contributed by atoms with Gasteiger partial charge in [-0.2, -0.15) is 0 Å². The van der Waals surface area contributed by atoms with Crippen LogP contribution in [0.3, 0.4) is 0 Å². The average Bonchev–Trinajstić information content (AvgIpc) is 3.05. The zero-order valence-electron chi connectivity index (χ0n) is 13.3. The van der Waals surface area contributed by atoms with Gasteiger partial charge in [0.05, 0.1) is 0 Å². The van der Waals surface area contributed by atoms with Crippen LogP contribution in [-0.4, -0.2) is 35.5 Å². The van der Waals surface area contributed by atoms with Crippen LogP contribution in [0.5, 0.6) is 0 Å². The van der Waals surface area contributed by atoms with E-state index in [0.717, 1.165) is 32.4 Å². The van der Waals surface area contributed by atoms with Crippen LogP contribution in [0.15, 0.2) is 54.9 Å². The van der Waals surface area contributed by atoms with E-state index in [1.54, 1.807) is 6.20 Å². The number of benzene rings is 1. The van der Waals surface area contributed by atoms with Gasteiger partial charge in [-0.1, -0.05) is 36.4 Å². The van der Waals surface area contributed by atoms with Crippen molar-refractivity contribution in [3.63, 3.8) is 0 Å². The molecule has 2 aromatic rings. The minimum Gasteiger partial charge on any atom is -0.338 e. The topological polar surface area (TPSA) is 45.2 Å². The highest BCUT2D eigenvalue weighted by atomic mass is 16.2. The molecule has 4 heteroatoms. The van der Waals surface area contributed by atoms with Crippen molar-refractivity contribution in [2.24, 2.45) is 5.92 Å². The number of nitrogens with one attached hydrogen (secondary N) is 1. The molecule has 2 heterocycles. The lowest BCUT2D eigenvalue weighted by atomic mass is 10.0. The molecule has 0 aliphatic carbocycles. The first-order chi connectivity index (χ1) is 11.3. The van der Waals surface area contributed by atoms with E-state index in [4.69, 9.17) is 0 Å². The number of carbonyl (C=O) groups excluding carboxylic acids is 1. The van der Waals surface area contributed by atoms with Crippen molar-refractivity contribution >= 4 is 6.03 Å². The fourth-order valence-electron chi connectivity index (χ4n) is 3.11. The summed E-state index contributed by atoms with van der Waals surface area (Å²) in [5.74, 6) is 0.541. The number of urea groups is 1. The van der Waals surface area contributed by atoms with Crippen LogP contribution in [0.1, 0.15) is 17.5 Å². The van der Waals surface area contributed by atoms with Gasteiger partial charge < -0.3 is 10.2 Å². The first-order valence-corrected chi connectivity index (χ1v) is 8.27. The zero-order chi connectivity index (χ0) is 15.9. The van der Waals surface area contributed by atoms with Crippen LogP contribution in [0.4, 0.5) is 4.79 Å². The van der Waals surface area contributed by atoms with Crippen LogP contribution in [0.2, 0.25) is 0 Å². The Balaban J connectivity index is 1.41. The van der Waals surface area contributed by atoms with Crippen LogP contribution in [-0.2, 0) is 12.8 Å². The van der Waals surface area contributed by atoms with Gasteiger partial charge >= 0.3 is 6.03 Å². The standard InChI is InChI=1S/C19H23N3O/c23-19(21-11-8-16-5-2-1-3-6-16)22-12-9-18(15-22)13-17-7-4-10-20-14-17/h1-7,10,14,18H,8-9,11-13,15H2,(H,21,23). The molecule has 1 aromatic carbocycles. The summed E-state index contributed by atoms with van der Waals surface area (Å²) in [5.41, 5.74) is 2.51. The van der Waals surface area contributed by atoms with E-state index in [9.17, 15) is 4.79 Å². The molecule has 3 rings (SSSR count). The molecular formula is C19H23N3O. The molecule has 1 fully saturated rings. The lowest BCUT2D eigenvalue weighted by molar-refractivity contribution is 0.207. The van der Waals surface area contributed by atoms with Crippen molar-refractivity contribution in [1.29, 1.82) is 0 Å². The number of hydrogen-bond acceptors (Lipinski definition) is 2. The van der Waals surface area contributed by atoms with Crippen molar-refractivity contribution < 1.29 is 4.79 Å². The molecule has 23 heavy (non-hydrogen) atoms. The quantitative estimate of drug-likeness (QED) is 0.923. The predicted molar refractivity (Wildman–Crippen MR) is 91.2 cm³/mol. The summed E-state index contributed by atoms with van der Waals surface area (Å²) in [7, 11) is 0. The third kappa shape index (κ3) is 4.55. The molecule has 0 spiro atoms. The number of aromatic nitrogens is 1. The summed E-state index contributed by atoms with van der Waals surface area (Å²) in [4.78, 5) is 18.3. The Morgan fingerprint density at radius 1 is 1.17 bits per heavy atom. The molecule has 1 unspecified atom stereocenters. The highest BCUT2D eigenvalue weighted by molar-refractivity contribution is 5.74. The highest BCUT2D eigenvalue weighted by Crippen LogP contribution is 2.20. The van der Waals surface area contributed by atoms with E-state index in [-0.39, 0.29) is 6.03 Å². The van der Waals surface area contributed by atoms with Crippen LogP contribution in [0, 0.1) is 5.92 Å². The minimum atomic E-state index is 0.0645. The van der Waals surface area contributed by atoms with Gasteiger partial charge in [0, 0.05) is 32.0 Å². The summed E-state index contributed by atoms with van der Waals surface area (Å²) in [5, 5.41) is 3.03. The maximum absolute atomic E-state index is 12.2. The Morgan fingerprint density at radius 3 is 2.78 bits per heavy atom. The third-order valence-electron chi connectivity index (χ3n) is 4.35. The molecule has 2 amide bonds. The Hall–Kier alpha value is -2.36. The van der Waals surface area contributed by atoms with Gasteiger partial charge in [-0.15, -0.1) is 0 Å². The number of hydrogen-bond donors (Lipinski definition) is 1. The first-order valence-electron chi connectivity index (χ1n) is 8.27. The largest absolute Gasteiger partial charge is 0.338 e. The van der Waals surface area contributed by atoms with Gasteiger partial charge in [-0.25, -0.2) is 4.79 Å². The maximum atomic E-state index is 12.2. The fourth-order valence-corrected chi connectivity index (χ4v) is 3.11. The molecule has 1 saturated heterocycles. The second-order valence-electron chi connectivity index (χ2n) is 6.13. The van der Waals surface area contributed by atoms with Crippen molar-refractivity contribution in [1.82, 2.24) is 15.2 Å². The van der Waals surface area contributed by atoms with Crippen molar-refractivity contribution in [2.75, 3.05) is 19.6 Å². The van der Waals surface area contributed by atoms with Crippen molar-refractivity contribution in [3.8, 4) is 0 Å². The van der Waals surface area contributed by atoms with Gasteiger partial charge in [-0.3, -0.25) is 4.98 Å². The van der Waals surface area contributed by atoms with Gasteiger partial charge in [0.1, 0.15) is 0 Å². The van der Waals surface area contributed by atoms with Gasteiger partial charge in [0.25, 0.3) is 0 Å². The minimum absolute atomic E-state index is 0.0645. The third-order valence-corrected chi connectivity index (χ3v) is 4.35. The summed E-state index contributed by atoms with van der Waals surface area (Å²) in [6.07, 6.45) is 6.66. The number of nitrogens with zero attached hydrogens (tertiary/aromatic N) is 2. The summed E-state index contributed by atoms with van der Waals surface area (Å²) in [6, 6.07) is 14.4. The molecule has 1 N–H and O–H groups in total. The molecule has 0 radical (unpaired) electrons. The second kappa shape index (κ2) is 7.77. The Labute approximate surface area is 137 Å². The number of rotatable bonds is 5. The van der Waals surface area contributed by atoms with Crippen LogP contribution >= 0.6 is 0 Å². The van der Waals surface area contributed by atoms with E-state index in [1.165, 1.54) is 11.1 Å². The molecule has 1 aliphatic rings. The molecule has 0 bridgehead atoms. The number of carbonyl (C=O) groups is 1. The molecular weight excluding hydrogens is 286 g/mol. The average molecular weight is 309 g/mol. The molecule has 0 saturated carbocycles. The Bertz CT molecular complexity index is 615. The first kappa shape index (κ1) is 15.5. The molecule has 1 atom stereocenters. The number of pyridine rings is 1. The number of amides is 2. The van der Waals surface area contributed by atoms with E-state index < -0.39 is 0 Å². The summed E-state index contributed by atoms with van der Waals surface area (Å²) >= 11 is 0. The van der Waals surface area contributed by atoms with E-state index in [1.807, 2.05) is 35.4 Å². The fraction of sp³-hybridized carbons (Fsp3) is 0.368. The van der Waals surface area contributed by atoms with Gasteiger partial charge in [-0.05, 0) is 42.4 Å². The van der Waals surface area contributed by atoms with Crippen LogP contribution in [0.25, 0.3) is 0 Å². The maximum Gasteiger partial charge on any atom is 0.317 e. The highest BCUT2D eigenvalue weighted by Gasteiger charge is 2.26. The number of likely N-dealkylation sites (tertiary alicyclic amines) is 1. The lowest BCUT2D eigenvalue weighted by Gasteiger charge is -2.17. The Kier molecular flexibility index (Phi) is 5.25. The monoisotopic (exact) mass is 309 g/mol. The summed E-state index contributed by atoms with van der Waals surface area (Å²) < 4.78 is 0. The molecule has 1 aromatic heterocycles. The lowest BCUT2D eigenvalue weighted by Crippen LogP contribution is -2.39. The van der Waals surface area contributed by atoms with E-state index in [2.05, 4.69) is 28.5 Å². The molecule has 4 nitrogen and oxygen atoms in total. The SMILES string of the molecule is O=C(NCCc1ccccc1)N1CCC(Cc2cccnc2)C1. The van der Waals surface area contributed by atoms with Gasteiger partial charge in [0.2, 0.25) is 0 Å². The van der Waals surface area contributed by atoms with E-state index in [0.29, 0.717) is 12.5 Å². The van der Waals surface area contributed by atoms with Crippen LogP contribution < -0.4 is 5.32 Å². The second-order valence-corrected chi connectivity index (χ2v) is 6.13. The Morgan fingerprint density at radius 2 is 2.00 bits per heavy atom. The van der Waals surface area contributed by atoms with Crippen molar-refractivity contribution in [3.05, 3.63) is 66.0 Å². The zero-order valence-corrected chi connectivity index (χ0v) is 13.3. The summed E-state index contributed by atoms with van der Waals surface area (Å²) in [6.45, 7) is 2.38. The molecule has 1 aliphatic heterocycles. The van der Waals surface area contributed by atoms with Gasteiger partial charge in [0.15, 0.2) is 0 Å². The normalized spacial score (nSPS) is 17.2.